The number of benzene rings is 1. The van der Waals surface area contributed by atoms with Crippen LogP contribution in [0.1, 0.15) is 51.0 Å². The molecule has 0 bridgehead atoms. The Morgan fingerprint density at radius 1 is 1.27 bits per heavy atom. The normalized spacial score (nSPS) is 21.9. The highest BCUT2D eigenvalue weighted by atomic mass is 19.1. The van der Waals surface area contributed by atoms with Crippen LogP contribution in [0.25, 0.3) is 0 Å². The minimum absolute atomic E-state index is 0.0608. The highest BCUT2D eigenvalue weighted by Crippen LogP contribution is 2.41. The summed E-state index contributed by atoms with van der Waals surface area (Å²) in [5.41, 5.74) is 0.0461. The van der Waals surface area contributed by atoms with Gasteiger partial charge in [-0.15, -0.1) is 0 Å². The van der Waals surface area contributed by atoms with Crippen LogP contribution < -0.4 is 10.7 Å². The van der Waals surface area contributed by atoms with Crippen LogP contribution in [0.2, 0.25) is 0 Å². The lowest BCUT2D eigenvalue weighted by Crippen LogP contribution is -2.55. The van der Waals surface area contributed by atoms with E-state index in [0.717, 1.165) is 0 Å². The van der Waals surface area contributed by atoms with E-state index in [0.29, 0.717) is 43.7 Å². The van der Waals surface area contributed by atoms with E-state index in [1.165, 1.54) is 24.3 Å². The summed E-state index contributed by atoms with van der Waals surface area (Å²) in [6, 6.07) is 5.40. The fourth-order valence-corrected chi connectivity index (χ4v) is 4.66. The molecule has 1 aromatic heterocycles. The van der Waals surface area contributed by atoms with Gasteiger partial charge in [0, 0.05) is 18.8 Å². The van der Waals surface area contributed by atoms with Gasteiger partial charge in [-0.3, -0.25) is 14.4 Å². The van der Waals surface area contributed by atoms with Crippen molar-refractivity contribution in [1.82, 2.24) is 14.8 Å². The lowest BCUT2D eigenvalue weighted by molar-refractivity contribution is -0.109. The smallest absolute Gasteiger partial charge is 0.276 e. The monoisotopic (exact) mass is 413 g/mol. The number of aromatic hydroxyl groups is 1. The van der Waals surface area contributed by atoms with Gasteiger partial charge in [0.15, 0.2) is 17.7 Å². The second-order valence-corrected chi connectivity index (χ2v) is 7.75. The molecular formula is C21H20FN3O5. The molecule has 0 spiro atoms. The van der Waals surface area contributed by atoms with Gasteiger partial charge in [0.05, 0.1) is 12.6 Å². The Hall–Kier alpha value is -3.20. The molecule has 2 aromatic rings. The first-order valence-corrected chi connectivity index (χ1v) is 9.93. The fraction of sp³-hybridized carbons (Fsp3) is 0.381. The number of carbonyl (C=O) groups is 2. The topological polar surface area (TPSA) is 101 Å². The van der Waals surface area contributed by atoms with Crippen molar-refractivity contribution >= 4 is 11.8 Å². The van der Waals surface area contributed by atoms with Gasteiger partial charge in [-0.25, -0.2) is 4.39 Å². The first kappa shape index (κ1) is 18.8. The van der Waals surface area contributed by atoms with Crippen LogP contribution in [0.5, 0.6) is 5.75 Å². The summed E-state index contributed by atoms with van der Waals surface area (Å²) in [5, 5.41) is 13.2. The first-order chi connectivity index (χ1) is 14.5. The van der Waals surface area contributed by atoms with Crippen molar-refractivity contribution in [2.75, 3.05) is 13.2 Å². The molecule has 1 aromatic carbocycles. The number of ether oxygens (including phenoxy) is 1. The molecule has 1 fully saturated rings. The van der Waals surface area contributed by atoms with Gasteiger partial charge >= 0.3 is 0 Å². The van der Waals surface area contributed by atoms with Crippen LogP contribution >= 0.6 is 0 Å². The molecular weight excluding hydrogens is 393 g/mol. The molecule has 156 valence electrons. The molecule has 2 amide bonds. The number of hydrogen-bond donors (Lipinski definition) is 2. The number of carbonyl (C=O) groups excluding carboxylic acids is 2. The SMILES string of the molecule is O=C(NCc1ccc(F)cc1)c1c2n3c(c(O)c1=O)C(=O)N1CCCOC1C3CC2. The summed E-state index contributed by atoms with van der Waals surface area (Å²) in [6.07, 6.45) is 1.25. The van der Waals surface area contributed by atoms with Crippen LogP contribution in [-0.2, 0) is 17.7 Å². The van der Waals surface area contributed by atoms with E-state index in [9.17, 15) is 23.9 Å². The number of hydrogen-bond acceptors (Lipinski definition) is 5. The zero-order valence-electron chi connectivity index (χ0n) is 16.1. The van der Waals surface area contributed by atoms with E-state index in [1.54, 1.807) is 9.47 Å². The molecule has 5 rings (SSSR count). The lowest BCUT2D eigenvalue weighted by atomic mass is 10.1. The number of nitrogens with one attached hydrogen (secondary N) is 1. The van der Waals surface area contributed by atoms with Crippen LogP contribution in [0.3, 0.4) is 0 Å². The summed E-state index contributed by atoms with van der Waals surface area (Å²) in [4.78, 5) is 40.3. The average molecular weight is 413 g/mol. The van der Waals surface area contributed by atoms with Gasteiger partial charge in [0.25, 0.3) is 11.8 Å². The zero-order chi connectivity index (χ0) is 21.0. The molecule has 2 N–H and O–H groups in total. The molecule has 0 radical (unpaired) electrons. The standard InChI is InChI=1S/C21H20FN3O5/c22-12-4-2-11(3-5-12)10-23-19(28)15-13-6-7-14-21-24(8-1-9-30-21)20(29)16(25(13)14)18(27)17(15)26/h2-5,14,21,27H,1,6-10H2,(H,23,28). The van der Waals surface area contributed by atoms with Crippen molar-refractivity contribution in [3.63, 3.8) is 0 Å². The van der Waals surface area contributed by atoms with E-state index in [4.69, 9.17) is 4.74 Å². The molecule has 3 aliphatic heterocycles. The molecule has 1 saturated heterocycles. The molecule has 8 nitrogen and oxygen atoms in total. The van der Waals surface area contributed by atoms with E-state index < -0.39 is 29.2 Å². The van der Waals surface area contributed by atoms with Crippen LogP contribution in [0.15, 0.2) is 29.1 Å². The van der Waals surface area contributed by atoms with Gasteiger partial charge in [-0.1, -0.05) is 12.1 Å². The van der Waals surface area contributed by atoms with E-state index in [2.05, 4.69) is 5.32 Å². The first-order valence-electron chi connectivity index (χ1n) is 9.93. The molecule has 0 aliphatic carbocycles. The van der Waals surface area contributed by atoms with Gasteiger partial charge in [0.1, 0.15) is 11.4 Å². The molecule has 4 heterocycles. The van der Waals surface area contributed by atoms with Gasteiger partial charge in [-0.2, -0.15) is 0 Å². The van der Waals surface area contributed by atoms with E-state index in [-0.39, 0.29) is 29.7 Å². The Morgan fingerprint density at radius 2 is 2.03 bits per heavy atom. The summed E-state index contributed by atoms with van der Waals surface area (Å²) in [7, 11) is 0. The maximum absolute atomic E-state index is 13.1. The third-order valence-corrected chi connectivity index (χ3v) is 6.02. The predicted molar refractivity (Wildman–Crippen MR) is 103 cm³/mol. The minimum Gasteiger partial charge on any atom is -0.503 e. The number of rotatable bonds is 3. The predicted octanol–water partition coefficient (Wildman–Crippen LogP) is 1.31. The van der Waals surface area contributed by atoms with Crippen molar-refractivity contribution in [2.45, 2.75) is 38.1 Å². The van der Waals surface area contributed by atoms with Crippen LogP contribution in [0.4, 0.5) is 4.39 Å². The van der Waals surface area contributed by atoms with Crippen LogP contribution in [-0.4, -0.2) is 45.8 Å². The van der Waals surface area contributed by atoms with Crippen molar-refractivity contribution in [3.05, 3.63) is 62.8 Å². The quantitative estimate of drug-likeness (QED) is 0.790. The summed E-state index contributed by atoms with van der Waals surface area (Å²) < 4.78 is 20.5. The number of aromatic nitrogens is 1. The Balaban J connectivity index is 1.53. The Morgan fingerprint density at radius 3 is 2.80 bits per heavy atom. The van der Waals surface area contributed by atoms with Crippen LogP contribution in [0, 0.1) is 5.82 Å². The van der Waals surface area contributed by atoms with Crippen molar-refractivity contribution in [2.24, 2.45) is 0 Å². The number of pyridine rings is 1. The summed E-state index contributed by atoms with van der Waals surface area (Å²) >= 11 is 0. The summed E-state index contributed by atoms with van der Waals surface area (Å²) in [6.45, 7) is 1.14. The van der Waals surface area contributed by atoms with Gasteiger partial charge < -0.3 is 24.6 Å². The molecule has 2 unspecified atom stereocenters. The third kappa shape index (κ3) is 2.72. The highest BCUT2D eigenvalue weighted by Gasteiger charge is 2.48. The maximum Gasteiger partial charge on any atom is 0.276 e. The molecule has 2 atom stereocenters. The highest BCUT2D eigenvalue weighted by molar-refractivity contribution is 6.00. The molecule has 0 saturated carbocycles. The van der Waals surface area contributed by atoms with Crippen molar-refractivity contribution in [3.8, 4) is 5.75 Å². The molecule has 3 aliphatic rings. The second kappa shape index (κ2) is 6.94. The average Bonchev–Trinajstić information content (AvgIpc) is 3.18. The zero-order valence-corrected chi connectivity index (χ0v) is 16.1. The van der Waals surface area contributed by atoms with E-state index in [1.807, 2.05) is 0 Å². The van der Waals surface area contributed by atoms with E-state index >= 15 is 0 Å². The summed E-state index contributed by atoms with van der Waals surface area (Å²) in [5.74, 6) is -2.17. The number of halogens is 1. The maximum atomic E-state index is 13.1. The number of nitrogens with zero attached hydrogens (tertiary/aromatic N) is 2. The van der Waals surface area contributed by atoms with Gasteiger partial charge in [-0.05, 0) is 37.0 Å². The number of amides is 2. The lowest BCUT2D eigenvalue weighted by Gasteiger charge is -2.44. The molecule has 9 heteroatoms. The van der Waals surface area contributed by atoms with Crippen molar-refractivity contribution in [1.29, 1.82) is 0 Å². The second-order valence-electron chi connectivity index (χ2n) is 7.75. The largest absolute Gasteiger partial charge is 0.503 e. The minimum atomic E-state index is -0.849. The third-order valence-electron chi connectivity index (χ3n) is 6.02. The van der Waals surface area contributed by atoms with Gasteiger partial charge in [0.2, 0.25) is 5.43 Å². The Labute approximate surface area is 170 Å². The van der Waals surface area contributed by atoms with Crippen molar-refractivity contribution < 1.29 is 23.8 Å². The Bertz CT molecular complexity index is 1110. The fourth-order valence-electron chi connectivity index (χ4n) is 4.66. The number of fused-ring (bicyclic) bond motifs is 2. The molecule has 30 heavy (non-hydrogen) atoms. The Kier molecular flexibility index (Phi) is 4.35.